The van der Waals surface area contributed by atoms with Crippen LogP contribution in [0.15, 0.2) is 30.3 Å². The standard InChI is InChI=1S/C18H24N2O6/c1-18(2,3)26-15(21)14-11-19(9-10-20(14)16(22)23)17(24)25-12-13-7-5-4-6-8-13/h4-8,14H,9-12H2,1-3H3,(H,22,23). The smallest absolute Gasteiger partial charge is 0.410 e. The molecule has 2 rings (SSSR count). The van der Waals surface area contributed by atoms with Gasteiger partial charge in [-0.05, 0) is 26.3 Å². The van der Waals surface area contributed by atoms with Gasteiger partial charge >= 0.3 is 18.2 Å². The number of amides is 2. The summed E-state index contributed by atoms with van der Waals surface area (Å²) in [6, 6.07) is 8.13. The molecule has 1 aromatic rings. The normalized spacial score (nSPS) is 17.6. The Bertz CT molecular complexity index is 655. The maximum Gasteiger partial charge on any atom is 0.410 e. The number of piperazine rings is 1. The van der Waals surface area contributed by atoms with Crippen LogP contribution < -0.4 is 0 Å². The second kappa shape index (κ2) is 8.07. The molecule has 0 bridgehead atoms. The molecule has 0 aliphatic carbocycles. The number of hydrogen-bond acceptors (Lipinski definition) is 5. The van der Waals surface area contributed by atoms with E-state index in [1.165, 1.54) is 4.90 Å². The summed E-state index contributed by atoms with van der Waals surface area (Å²) >= 11 is 0. The quantitative estimate of drug-likeness (QED) is 0.827. The molecule has 1 aliphatic rings. The van der Waals surface area contributed by atoms with Crippen LogP contribution in [0.4, 0.5) is 9.59 Å². The summed E-state index contributed by atoms with van der Waals surface area (Å²) < 4.78 is 10.6. The van der Waals surface area contributed by atoms with E-state index in [2.05, 4.69) is 0 Å². The summed E-state index contributed by atoms with van der Waals surface area (Å²) in [5.41, 5.74) is 0.0888. The van der Waals surface area contributed by atoms with E-state index in [9.17, 15) is 19.5 Å². The second-order valence-corrected chi connectivity index (χ2v) is 7.01. The van der Waals surface area contributed by atoms with E-state index < -0.39 is 29.8 Å². The fourth-order valence-corrected chi connectivity index (χ4v) is 2.56. The van der Waals surface area contributed by atoms with Crippen LogP contribution in [0.5, 0.6) is 0 Å². The lowest BCUT2D eigenvalue weighted by atomic mass is 10.1. The fourth-order valence-electron chi connectivity index (χ4n) is 2.56. The molecule has 1 saturated heterocycles. The van der Waals surface area contributed by atoms with E-state index in [1.54, 1.807) is 20.8 Å². The Labute approximate surface area is 152 Å². The number of carboxylic acid groups (broad SMARTS) is 1. The molecular weight excluding hydrogens is 340 g/mol. The Morgan fingerprint density at radius 3 is 2.38 bits per heavy atom. The molecule has 2 amide bonds. The number of carbonyl (C=O) groups is 3. The monoisotopic (exact) mass is 364 g/mol. The highest BCUT2D eigenvalue weighted by molar-refractivity contribution is 5.82. The maximum absolute atomic E-state index is 12.4. The first-order valence-electron chi connectivity index (χ1n) is 8.35. The molecule has 8 nitrogen and oxygen atoms in total. The van der Waals surface area contributed by atoms with Gasteiger partial charge in [-0.1, -0.05) is 30.3 Å². The Hall–Kier alpha value is -2.77. The van der Waals surface area contributed by atoms with E-state index in [-0.39, 0.29) is 26.2 Å². The zero-order valence-electron chi connectivity index (χ0n) is 15.2. The van der Waals surface area contributed by atoms with Gasteiger partial charge in [-0.3, -0.25) is 4.90 Å². The molecule has 8 heteroatoms. The van der Waals surface area contributed by atoms with E-state index in [0.717, 1.165) is 10.5 Å². The van der Waals surface area contributed by atoms with Crippen LogP contribution in [0, 0.1) is 0 Å². The highest BCUT2D eigenvalue weighted by atomic mass is 16.6. The van der Waals surface area contributed by atoms with Gasteiger partial charge in [0.2, 0.25) is 0 Å². The van der Waals surface area contributed by atoms with Crippen molar-refractivity contribution in [3.63, 3.8) is 0 Å². The lowest BCUT2D eigenvalue weighted by molar-refractivity contribution is -0.162. The number of rotatable bonds is 3. The summed E-state index contributed by atoms with van der Waals surface area (Å²) in [4.78, 5) is 38.4. The minimum absolute atomic E-state index is 0.0136. The van der Waals surface area contributed by atoms with E-state index >= 15 is 0 Å². The average Bonchev–Trinajstić information content (AvgIpc) is 2.58. The topological polar surface area (TPSA) is 96.4 Å². The number of esters is 1. The third-order valence-electron chi connectivity index (χ3n) is 3.77. The van der Waals surface area contributed by atoms with Crippen molar-refractivity contribution in [3.8, 4) is 0 Å². The third kappa shape index (κ3) is 5.37. The van der Waals surface area contributed by atoms with Crippen molar-refractivity contribution < 1.29 is 29.0 Å². The van der Waals surface area contributed by atoms with Crippen LogP contribution in [0.1, 0.15) is 26.3 Å². The molecule has 1 fully saturated rings. The Morgan fingerprint density at radius 2 is 1.81 bits per heavy atom. The SMILES string of the molecule is CC(C)(C)OC(=O)C1CN(C(=O)OCc2ccccc2)CCN1C(=O)O. The molecule has 1 aromatic carbocycles. The van der Waals surface area contributed by atoms with Gasteiger partial charge in [0.05, 0.1) is 6.54 Å². The first-order chi connectivity index (χ1) is 12.2. The molecule has 142 valence electrons. The zero-order chi connectivity index (χ0) is 19.3. The van der Waals surface area contributed by atoms with Crippen molar-refractivity contribution in [2.24, 2.45) is 0 Å². The highest BCUT2D eigenvalue weighted by Gasteiger charge is 2.39. The average molecular weight is 364 g/mol. The van der Waals surface area contributed by atoms with Crippen molar-refractivity contribution in [1.29, 1.82) is 0 Å². The van der Waals surface area contributed by atoms with Crippen molar-refractivity contribution in [2.45, 2.75) is 39.0 Å². The van der Waals surface area contributed by atoms with Crippen LogP contribution in [-0.4, -0.2) is 64.3 Å². The number of benzene rings is 1. The summed E-state index contributed by atoms with van der Waals surface area (Å²) in [6.07, 6.45) is -1.81. The number of nitrogens with zero attached hydrogens (tertiary/aromatic N) is 2. The maximum atomic E-state index is 12.4. The number of carbonyl (C=O) groups excluding carboxylic acids is 2. The lowest BCUT2D eigenvalue weighted by Gasteiger charge is -2.38. The molecule has 0 radical (unpaired) electrons. The van der Waals surface area contributed by atoms with Crippen molar-refractivity contribution >= 4 is 18.2 Å². The van der Waals surface area contributed by atoms with Gasteiger partial charge in [0.15, 0.2) is 6.04 Å². The first-order valence-corrected chi connectivity index (χ1v) is 8.35. The molecule has 1 aliphatic heterocycles. The second-order valence-electron chi connectivity index (χ2n) is 7.01. The van der Waals surface area contributed by atoms with Crippen LogP contribution >= 0.6 is 0 Å². The van der Waals surface area contributed by atoms with Gasteiger partial charge in [0, 0.05) is 13.1 Å². The fraction of sp³-hybridized carbons (Fsp3) is 0.500. The van der Waals surface area contributed by atoms with Crippen LogP contribution in [0.3, 0.4) is 0 Å². The van der Waals surface area contributed by atoms with Crippen LogP contribution in [0.25, 0.3) is 0 Å². The molecule has 1 atom stereocenters. The van der Waals surface area contributed by atoms with Gasteiger partial charge < -0.3 is 19.5 Å². The molecular formula is C18H24N2O6. The van der Waals surface area contributed by atoms with Crippen LogP contribution in [0.2, 0.25) is 0 Å². The van der Waals surface area contributed by atoms with Crippen molar-refractivity contribution in [3.05, 3.63) is 35.9 Å². The molecule has 0 saturated carbocycles. The Morgan fingerprint density at radius 1 is 1.15 bits per heavy atom. The van der Waals surface area contributed by atoms with E-state index in [1.807, 2.05) is 30.3 Å². The summed E-state index contributed by atoms with van der Waals surface area (Å²) in [5, 5.41) is 9.32. The first kappa shape index (κ1) is 19.6. The van der Waals surface area contributed by atoms with Gasteiger partial charge in [0.1, 0.15) is 12.2 Å². The predicted molar refractivity (Wildman–Crippen MR) is 92.6 cm³/mol. The van der Waals surface area contributed by atoms with Crippen molar-refractivity contribution in [1.82, 2.24) is 9.80 Å². The van der Waals surface area contributed by atoms with E-state index in [4.69, 9.17) is 9.47 Å². The largest absolute Gasteiger partial charge is 0.465 e. The minimum Gasteiger partial charge on any atom is -0.465 e. The molecule has 0 spiro atoms. The molecule has 0 aromatic heterocycles. The minimum atomic E-state index is -1.22. The molecule has 1 heterocycles. The molecule has 1 N–H and O–H groups in total. The Kier molecular flexibility index (Phi) is 6.07. The predicted octanol–water partition coefficient (Wildman–Crippen LogP) is 2.33. The summed E-state index contributed by atoms with van der Waals surface area (Å²) in [6.45, 7) is 5.27. The Balaban J connectivity index is 2.01. The molecule has 1 unspecified atom stereocenters. The third-order valence-corrected chi connectivity index (χ3v) is 3.77. The number of ether oxygens (including phenoxy) is 2. The lowest BCUT2D eigenvalue weighted by Crippen LogP contribution is -2.60. The van der Waals surface area contributed by atoms with Crippen LogP contribution in [-0.2, 0) is 20.9 Å². The van der Waals surface area contributed by atoms with Gasteiger partial charge in [-0.15, -0.1) is 0 Å². The molecule has 26 heavy (non-hydrogen) atoms. The summed E-state index contributed by atoms with van der Waals surface area (Å²) in [7, 11) is 0. The highest BCUT2D eigenvalue weighted by Crippen LogP contribution is 2.17. The van der Waals surface area contributed by atoms with Gasteiger partial charge in [0.25, 0.3) is 0 Å². The van der Waals surface area contributed by atoms with E-state index in [0.29, 0.717) is 0 Å². The van der Waals surface area contributed by atoms with Gasteiger partial charge in [-0.2, -0.15) is 0 Å². The summed E-state index contributed by atoms with van der Waals surface area (Å²) in [5.74, 6) is -0.680. The zero-order valence-corrected chi connectivity index (χ0v) is 15.2. The number of hydrogen-bond donors (Lipinski definition) is 1. The van der Waals surface area contributed by atoms with Gasteiger partial charge in [-0.25, -0.2) is 14.4 Å². The van der Waals surface area contributed by atoms with Crippen molar-refractivity contribution in [2.75, 3.05) is 19.6 Å².